The zero-order valence-corrected chi connectivity index (χ0v) is 19.2. The second-order valence-electron chi connectivity index (χ2n) is 7.22. The number of pyridine rings is 1. The van der Waals surface area contributed by atoms with Gasteiger partial charge in [0.2, 0.25) is 0 Å². The first-order valence-corrected chi connectivity index (χ1v) is 11.0. The number of benzene rings is 1. The molecular weight excluding hydrogens is 489 g/mol. The number of ketones is 1. The molecule has 2 aromatic rings. The first-order valence-electron chi connectivity index (χ1n) is 9.47. The van der Waals surface area contributed by atoms with Crippen molar-refractivity contribution >= 4 is 56.6 Å². The minimum Gasteiger partial charge on any atom is -0.362 e. The molecule has 4 rings (SSSR count). The van der Waals surface area contributed by atoms with Gasteiger partial charge in [-0.1, -0.05) is 35.3 Å². The number of carbonyl (C=O) groups excluding carboxylic acids is 2. The summed E-state index contributed by atoms with van der Waals surface area (Å²) < 4.78 is 0.807. The van der Waals surface area contributed by atoms with Gasteiger partial charge in [-0.25, -0.2) is 4.98 Å². The van der Waals surface area contributed by atoms with Crippen LogP contribution < -0.4 is 10.6 Å². The van der Waals surface area contributed by atoms with Crippen LogP contribution in [-0.4, -0.2) is 16.7 Å². The Morgan fingerprint density at radius 2 is 2.03 bits per heavy atom. The Labute approximate surface area is 192 Å². The number of amides is 1. The number of aromatic nitrogens is 1. The van der Waals surface area contributed by atoms with E-state index in [1.807, 2.05) is 13.0 Å². The molecule has 1 aromatic carbocycles. The smallest absolute Gasteiger partial charge is 0.255 e. The highest BCUT2D eigenvalue weighted by Gasteiger charge is 2.39. The highest BCUT2D eigenvalue weighted by atomic mass is 79.9. The number of nitrogens with one attached hydrogen (secondary N) is 2. The zero-order chi connectivity index (χ0) is 21.4. The molecule has 1 amide bonds. The third-order valence-corrected chi connectivity index (χ3v) is 6.58. The van der Waals surface area contributed by atoms with Crippen molar-refractivity contribution in [1.29, 1.82) is 0 Å². The lowest BCUT2D eigenvalue weighted by Gasteiger charge is -2.35. The lowest BCUT2D eigenvalue weighted by atomic mass is 9.75. The van der Waals surface area contributed by atoms with E-state index >= 15 is 0 Å². The molecular formula is C22H18BrCl2N3O2. The Balaban J connectivity index is 1.82. The molecule has 0 bridgehead atoms. The number of hydrogen-bond donors (Lipinski definition) is 2. The van der Waals surface area contributed by atoms with E-state index in [4.69, 9.17) is 23.2 Å². The van der Waals surface area contributed by atoms with E-state index in [9.17, 15) is 9.59 Å². The van der Waals surface area contributed by atoms with Crippen LogP contribution in [0.15, 0.2) is 63.5 Å². The molecule has 5 nitrogen and oxygen atoms in total. The van der Waals surface area contributed by atoms with E-state index in [0.717, 1.165) is 23.0 Å². The van der Waals surface area contributed by atoms with Gasteiger partial charge >= 0.3 is 0 Å². The van der Waals surface area contributed by atoms with Crippen molar-refractivity contribution in [2.24, 2.45) is 0 Å². The molecule has 0 spiro atoms. The fraction of sp³-hybridized carbons (Fsp3) is 0.227. The summed E-state index contributed by atoms with van der Waals surface area (Å²) in [4.78, 5) is 30.5. The van der Waals surface area contributed by atoms with Crippen LogP contribution in [0.3, 0.4) is 0 Å². The van der Waals surface area contributed by atoms with Gasteiger partial charge in [-0.15, -0.1) is 0 Å². The molecule has 0 saturated carbocycles. The highest BCUT2D eigenvalue weighted by Crippen LogP contribution is 2.45. The van der Waals surface area contributed by atoms with Crippen LogP contribution in [0.1, 0.15) is 37.7 Å². The van der Waals surface area contributed by atoms with Gasteiger partial charge in [0.15, 0.2) is 5.78 Å². The van der Waals surface area contributed by atoms with Gasteiger partial charge in [0.05, 0.1) is 10.0 Å². The maximum absolute atomic E-state index is 13.4. The minimum atomic E-state index is -0.601. The van der Waals surface area contributed by atoms with Crippen LogP contribution in [0.4, 0.5) is 5.82 Å². The molecule has 0 saturated heterocycles. The first kappa shape index (κ1) is 21.1. The number of halogens is 3. The van der Waals surface area contributed by atoms with Crippen LogP contribution in [0.25, 0.3) is 0 Å². The fourth-order valence-corrected chi connectivity index (χ4v) is 4.62. The van der Waals surface area contributed by atoms with Crippen LogP contribution in [0, 0.1) is 0 Å². The van der Waals surface area contributed by atoms with E-state index in [0.29, 0.717) is 44.7 Å². The van der Waals surface area contributed by atoms with E-state index < -0.39 is 5.92 Å². The van der Waals surface area contributed by atoms with Crippen molar-refractivity contribution < 1.29 is 9.59 Å². The normalized spacial score (nSPS) is 18.8. The van der Waals surface area contributed by atoms with Gasteiger partial charge in [0, 0.05) is 45.5 Å². The Morgan fingerprint density at radius 1 is 1.23 bits per heavy atom. The average Bonchev–Trinajstić information content (AvgIpc) is 2.71. The third-order valence-electron chi connectivity index (χ3n) is 5.28. The Morgan fingerprint density at radius 3 is 2.77 bits per heavy atom. The lowest BCUT2D eigenvalue weighted by molar-refractivity contribution is -0.116. The molecule has 2 N–H and O–H groups in total. The summed E-state index contributed by atoms with van der Waals surface area (Å²) in [6.45, 7) is 1.83. The summed E-state index contributed by atoms with van der Waals surface area (Å²) in [6, 6.07) is 8.77. The van der Waals surface area contributed by atoms with Gasteiger partial charge < -0.3 is 10.6 Å². The second-order valence-corrected chi connectivity index (χ2v) is 8.93. The molecule has 2 aliphatic rings. The second kappa shape index (κ2) is 8.53. The Hall–Kier alpha value is -2.15. The fourth-order valence-electron chi connectivity index (χ4n) is 3.97. The van der Waals surface area contributed by atoms with Crippen LogP contribution in [0.2, 0.25) is 10.0 Å². The SMILES string of the molecule is CC1=C(C(=O)Nc2ccc(Br)cn2)[C@@H](c2cccc(Cl)c2Cl)C2=C(CCCC2=O)N1. The van der Waals surface area contributed by atoms with E-state index in [1.165, 1.54) is 0 Å². The molecule has 30 heavy (non-hydrogen) atoms. The minimum absolute atomic E-state index is 0.0179. The zero-order valence-electron chi connectivity index (χ0n) is 16.1. The summed E-state index contributed by atoms with van der Waals surface area (Å²) in [6.07, 6.45) is 3.57. The molecule has 0 unspecified atom stereocenters. The first-order chi connectivity index (χ1) is 14.4. The van der Waals surface area contributed by atoms with Gasteiger partial charge in [0.25, 0.3) is 5.91 Å². The number of nitrogens with zero attached hydrogens (tertiary/aromatic N) is 1. The molecule has 2 heterocycles. The summed E-state index contributed by atoms with van der Waals surface area (Å²) in [5.41, 5.74) is 3.19. The summed E-state index contributed by atoms with van der Waals surface area (Å²) in [5, 5.41) is 6.84. The number of dihydropyridines is 1. The topological polar surface area (TPSA) is 71.1 Å². The Bertz CT molecular complexity index is 1110. The number of rotatable bonds is 3. The van der Waals surface area contributed by atoms with Crippen molar-refractivity contribution in [1.82, 2.24) is 10.3 Å². The van der Waals surface area contributed by atoms with Gasteiger partial charge in [0.1, 0.15) is 5.82 Å². The molecule has 1 aromatic heterocycles. The lowest BCUT2D eigenvalue weighted by Crippen LogP contribution is -2.35. The van der Waals surface area contributed by atoms with Gasteiger partial charge in [-0.3, -0.25) is 9.59 Å². The molecule has 1 atom stereocenters. The number of allylic oxidation sites excluding steroid dienone is 3. The van der Waals surface area contributed by atoms with Gasteiger partial charge in [-0.05, 0) is 59.5 Å². The predicted octanol–water partition coefficient (Wildman–Crippen LogP) is 5.76. The molecule has 154 valence electrons. The molecule has 1 aliphatic heterocycles. The summed E-state index contributed by atoms with van der Waals surface area (Å²) >= 11 is 16.1. The number of carbonyl (C=O) groups is 2. The molecule has 0 radical (unpaired) electrons. The maximum Gasteiger partial charge on any atom is 0.255 e. The largest absolute Gasteiger partial charge is 0.362 e. The van der Waals surface area contributed by atoms with Crippen LogP contribution in [0.5, 0.6) is 0 Å². The van der Waals surface area contributed by atoms with Crippen LogP contribution >= 0.6 is 39.1 Å². The molecule has 1 aliphatic carbocycles. The van der Waals surface area contributed by atoms with E-state index in [-0.39, 0.29) is 11.7 Å². The van der Waals surface area contributed by atoms with Crippen molar-refractivity contribution in [3.05, 3.63) is 79.2 Å². The van der Waals surface area contributed by atoms with Crippen molar-refractivity contribution in [3.63, 3.8) is 0 Å². The van der Waals surface area contributed by atoms with Crippen molar-refractivity contribution in [2.75, 3.05) is 5.32 Å². The Kier molecular flexibility index (Phi) is 6.00. The molecule has 0 fully saturated rings. The standard InChI is InChI=1S/C22H18BrCl2N3O2/c1-11-18(22(30)28-17-9-8-12(23)10-26-17)19(13-4-2-5-14(24)21(13)25)20-15(27-11)6-3-7-16(20)29/h2,4-5,8-10,19,27H,3,6-7H2,1H3,(H,26,28,30)/t19-/m1/s1. The number of hydrogen-bond acceptors (Lipinski definition) is 4. The summed E-state index contributed by atoms with van der Waals surface area (Å²) in [7, 11) is 0. The number of Topliss-reactive ketones (excluding diaryl/α,β-unsaturated/α-hetero) is 1. The van der Waals surface area contributed by atoms with Crippen molar-refractivity contribution in [2.45, 2.75) is 32.1 Å². The predicted molar refractivity (Wildman–Crippen MR) is 121 cm³/mol. The average molecular weight is 507 g/mol. The highest BCUT2D eigenvalue weighted by molar-refractivity contribution is 9.10. The summed E-state index contributed by atoms with van der Waals surface area (Å²) in [5.74, 6) is -0.518. The quantitative estimate of drug-likeness (QED) is 0.555. The van der Waals surface area contributed by atoms with Gasteiger partial charge in [-0.2, -0.15) is 0 Å². The monoisotopic (exact) mass is 505 g/mol. The van der Waals surface area contributed by atoms with E-state index in [2.05, 4.69) is 31.5 Å². The van der Waals surface area contributed by atoms with Crippen LogP contribution in [-0.2, 0) is 9.59 Å². The molecule has 8 heteroatoms. The van der Waals surface area contributed by atoms with E-state index in [1.54, 1.807) is 30.5 Å². The number of anilines is 1. The van der Waals surface area contributed by atoms with Crippen molar-refractivity contribution in [3.8, 4) is 0 Å². The maximum atomic E-state index is 13.4. The third kappa shape index (κ3) is 3.92.